The summed E-state index contributed by atoms with van der Waals surface area (Å²) in [5, 5.41) is 12.8. The van der Waals surface area contributed by atoms with Crippen molar-refractivity contribution in [2.24, 2.45) is 0 Å². The molecule has 0 fully saturated rings. The molecule has 6 heteroatoms. The molecule has 0 aliphatic heterocycles. The number of carboxylic acids is 1. The topological polar surface area (TPSA) is 62.2 Å². The number of hydrogen-bond acceptors (Lipinski definition) is 3. The first-order valence-electron chi connectivity index (χ1n) is 5.41. The molecular weight excluding hydrogens is 332 g/mol. The molecule has 0 bridgehead atoms. The van der Waals surface area contributed by atoms with Gasteiger partial charge in [-0.2, -0.15) is 0 Å². The Balaban J connectivity index is 2.26. The number of carboxylic acid groups (broad SMARTS) is 1. The number of aliphatic carboxylic acids is 1. The van der Waals surface area contributed by atoms with E-state index in [0.717, 1.165) is 4.47 Å². The highest BCUT2D eigenvalue weighted by molar-refractivity contribution is 9.10. The van der Waals surface area contributed by atoms with Crippen LogP contribution in [-0.2, 0) is 4.79 Å². The molecular formula is C13H10BrClN2O2. The van der Waals surface area contributed by atoms with Crippen molar-refractivity contribution >= 4 is 39.2 Å². The summed E-state index contributed by atoms with van der Waals surface area (Å²) in [5.74, 6) is -0.977. The van der Waals surface area contributed by atoms with E-state index in [-0.39, 0.29) is 0 Å². The van der Waals surface area contributed by atoms with Crippen molar-refractivity contribution in [2.45, 2.75) is 6.04 Å². The number of nitrogens with zero attached hydrogens (tertiary/aromatic N) is 1. The Labute approximate surface area is 123 Å². The minimum Gasteiger partial charge on any atom is -0.479 e. The summed E-state index contributed by atoms with van der Waals surface area (Å²) >= 11 is 9.06. The van der Waals surface area contributed by atoms with Gasteiger partial charge in [-0.25, -0.2) is 4.79 Å². The Kier molecular flexibility index (Phi) is 4.39. The molecule has 0 aliphatic carbocycles. The third-order valence-corrected chi connectivity index (χ3v) is 3.15. The van der Waals surface area contributed by atoms with E-state index < -0.39 is 12.0 Å². The lowest BCUT2D eigenvalue weighted by Crippen LogP contribution is -2.20. The van der Waals surface area contributed by atoms with Crippen LogP contribution in [0.2, 0.25) is 5.02 Å². The fourth-order valence-corrected chi connectivity index (χ4v) is 2.10. The van der Waals surface area contributed by atoms with E-state index in [0.29, 0.717) is 16.3 Å². The van der Waals surface area contributed by atoms with Crippen LogP contribution in [0.5, 0.6) is 0 Å². The van der Waals surface area contributed by atoms with Gasteiger partial charge in [0.1, 0.15) is 0 Å². The molecule has 0 saturated carbocycles. The Morgan fingerprint density at radius 3 is 2.58 bits per heavy atom. The van der Waals surface area contributed by atoms with Crippen LogP contribution in [0.4, 0.5) is 5.69 Å². The van der Waals surface area contributed by atoms with Gasteiger partial charge in [0.05, 0.1) is 0 Å². The van der Waals surface area contributed by atoms with Crippen molar-refractivity contribution in [3.63, 3.8) is 0 Å². The molecule has 4 nitrogen and oxygen atoms in total. The Morgan fingerprint density at radius 2 is 2.00 bits per heavy atom. The van der Waals surface area contributed by atoms with Crippen LogP contribution in [0, 0.1) is 0 Å². The lowest BCUT2D eigenvalue weighted by atomic mass is 10.1. The molecule has 1 unspecified atom stereocenters. The lowest BCUT2D eigenvalue weighted by molar-refractivity contribution is -0.138. The summed E-state index contributed by atoms with van der Waals surface area (Å²) in [5.41, 5.74) is 1.24. The summed E-state index contributed by atoms with van der Waals surface area (Å²) in [6.07, 6.45) is 3.12. The van der Waals surface area contributed by atoms with Gasteiger partial charge >= 0.3 is 5.97 Å². The number of benzene rings is 1. The SMILES string of the molecule is O=C(O)C(Nc1ccc(Cl)cc1)c1cncc(Br)c1. The third kappa shape index (κ3) is 3.68. The summed E-state index contributed by atoms with van der Waals surface area (Å²) in [6.45, 7) is 0. The molecule has 19 heavy (non-hydrogen) atoms. The minimum absolute atomic E-state index is 0.567. The number of pyridine rings is 1. The van der Waals surface area contributed by atoms with Crippen molar-refractivity contribution in [3.8, 4) is 0 Å². The van der Waals surface area contributed by atoms with Crippen molar-refractivity contribution in [1.82, 2.24) is 4.98 Å². The first-order chi connectivity index (χ1) is 9.06. The summed E-state index contributed by atoms with van der Waals surface area (Å²) in [6, 6.07) is 7.69. The molecule has 98 valence electrons. The normalized spacial score (nSPS) is 11.9. The Hall–Kier alpha value is -1.59. The van der Waals surface area contributed by atoms with Gasteiger partial charge < -0.3 is 10.4 Å². The largest absolute Gasteiger partial charge is 0.479 e. The van der Waals surface area contributed by atoms with Gasteiger partial charge in [0.15, 0.2) is 6.04 Å². The fourth-order valence-electron chi connectivity index (χ4n) is 1.59. The van der Waals surface area contributed by atoms with Gasteiger partial charge in [-0.1, -0.05) is 11.6 Å². The Morgan fingerprint density at radius 1 is 1.32 bits per heavy atom. The number of anilines is 1. The quantitative estimate of drug-likeness (QED) is 0.889. The van der Waals surface area contributed by atoms with E-state index in [1.165, 1.54) is 6.20 Å². The highest BCUT2D eigenvalue weighted by Gasteiger charge is 2.20. The van der Waals surface area contributed by atoms with E-state index >= 15 is 0 Å². The van der Waals surface area contributed by atoms with Crippen molar-refractivity contribution in [3.05, 3.63) is 57.8 Å². The van der Waals surface area contributed by atoms with Crippen LogP contribution < -0.4 is 5.32 Å². The zero-order chi connectivity index (χ0) is 13.8. The monoisotopic (exact) mass is 340 g/mol. The van der Waals surface area contributed by atoms with Crippen LogP contribution in [0.3, 0.4) is 0 Å². The van der Waals surface area contributed by atoms with Gasteiger partial charge in [0.2, 0.25) is 0 Å². The van der Waals surface area contributed by atoms with Gasteiger partial charge in [0, 0.05) is 33.1 Å². The number of rotatable bonds is 4. The van der Waals surface area contributed by atoms with Crippen LogP contribution in [0.1, 0.15) is 11.6 Å². The highest BCUT2D eigenvalue weighted by atomic mass is 79.9. The minimum atomic E-state index is -0.977. The molecule has 2 aromatic rings. The number of nitrogens with one attached hydrogen (secondary N) is 1. The smallest absolute Gasteiger partial charge is 0.330 e. The number of aromatic nitrogens is 1. The standard InChI is InChI=1S/C13H10BrClN2O2/c14-9-5-8(6-16-7-9)12(13(18)19)17-11-3-1-10(15)2-4-11/h1-7,12,17H,(H,18,19). The molecule has 1 aromatic carbocycles. The van der Waals surface area contributed by atoms with Gasteiger partial charge in [0.25, 0.3) is 0 Å². The van der Waals surface area contributed by atoms with E-state index in [1.54, 1.807) is 36.5 Å². The molecule has 0 saturated heterocycles. The van der Waals surface area contributed by atoms with Crippen LogP contribution in [0.15, 0.2) is 47.2 Å². The third-order valence-electron chi connectivity index (χ3n) is 2.46. The van der Waals surface area contributed by atoms with E-state index in [2.05, 4.69) is 26.2 Å². The van der Waals surface area contributed by atoms with E-state index in [9.17, 15) is 9.90 Å². The molecule has 0 spiro atoms. The fraction of sp³-hybridized carbons (Fsp3) is 0.0769. The number of hydrogen-bond donors (Lipinski definition) is 2. The van der Waals surface area contributed by atoms with Crippen molar-refractivity contribution in [1.29, 1.82) is 0 Å². The van der Waals surface area contributed by atoms with Crippen LogP contribution >= 0.6 is 27.5 Å². The van der Waals surface area contributed by atoms with Gasteiger partial charge in [-0.05, 0) is 46.3 Å². The molecule has 2 N–H and O–H groups in total. The number of halogens is 2. The molecule has 0 aliphatic rings. The first kappa shape index (κ1) is 13.8. The predicted molar refractivity (Wildman–Crippen MR) is 77.4 cm³/mol. The van der Waals surface area contributed by atoms with Gasteiger partial charge in [-0.15, -0.1) is 0 Å². The molecule has 1 aromatic heterocycles. The average Bonchev–Trinajstić information content (AvgIpc) is 2.37. The van der Waals surface area contributed by atoms with E-state index in [1.807, 2.05) is 0 Å². The summed E-state index contributed by atoms with van der Waals surface area (Å²) in [7, 11) is 0. The van der Waals surface area contributed by atoms with Crippen LogP contribution in [-0.4, -0.2) is 16.1 Å². The first-order valence-corrected chi connectivity index (χ1v) is 6.59. The van der Waals surface area contributed by atoms with Gasteiger partial charge in [-0.3, -0.25) is 4.98 Å². The molecule has 1 heterocycles. The van der Waals surface area contributed by atoms with Crippen molar-refractivity contribution < 1.29 is 9.90 Å². The second-order valence-corrected chi connectivity index (χ2v) is 5.21. The molecule has 2 rings (SSSR count). The molecule has 0 amide bonds. The maximum Gasteiger partial charge on any atom is 0.330 e. The number of carbonyl (C=O) groups is 1. The zero-order valence-corrected chi connectivity index (χ0v) is 12.0. The van der Waals surface area contributed by atoms with E-state index in [4.69, 9.17) is 11.6 Å². The predicted octanol–water partition coefficient (Wildman–Crippen LogP) is 3.74. The van der Waals surface area contributed by atoms with Crippen LogP contribution in [0.25, 0.3) is 0 Å². The summed E-state index contributed by atoms with van der Waals surface area (Å²) < 4.78 is 0.731. The molecule has 1 atom stereocenters. The maximum absolute atomic E-state index is 11.4. The maximum atomic E-state index is 11.4. The second kappa shape index (κ2) is 6.04. The zero-order valence-electron chi connectivity index (χ0n) is 9.68. The lowest BCUT2D eigenvalue weighted by Gasteiger charge is -2.16. The van der Waals surface area contributed by atoms with Crippen molar-refractivity contribution in [2.75, 3.05) is 5.32 Å². The highest BCUT2D eigenvalue weighted by Crippen LogP contribution is 2.23. The summed E-state index contributed by atoms with van der Waals surface area (Å²) in [4.78, 5) is 15.3. The average molecular weight is 342 g/mol. The Bertz CT molecular complexity index is 589. The molecule has 0 radical (unpaired) electrons. The second-order valence-electron chi connectivity index (χ2n) is 3.86.